The molecule has 2 N–H and O–H groups in total. The maximum absolute atomic E-state index is 12.4. The number of hydrogen-bond donors (Lipinski definition) is 2. The number of amides is 1. The van der Waals surface area contributed by atoms with Crippen LogP contribution >= 0.6 is 0 Å². The summed E-state index contributed by atoms with van der Waals surface area (Å²) in [4.78, 5) is 19.8. The fourth-order valence-corrected chi connectivity index (χ4v) is 2.26. The zero-order valence-corrected chi connectivity index (χ0v) is 12.9. The van der Waals surface area contributed by atoms with Crippen LogP contribution in [0.25, 0.3) is 5.69 Å². The first-order chi connectivity index (χ1) is 11.2. The average Bonchev–Trinajstić information content (AvgIpc) is 3.24. The number of H-pyrrole nitrogens is 1. The van der Waals surface area contributed by atoms with Gasteiger partial charge in [0.05, 0.1) is 11.7 Å². The van der Waals surface area contributed by atoms with E-state index < -0.39 is 0 Å². The lowest BCUT2D eigenvalue weighted by molar-refractivity contribution is 0.0934. The lowest BCUT2D eigenvalue weighted by Gasteiger charge is -2.15. The third-order valence-corrected chi connectivity index (χ3v) is 3.51. The molecule has 8 nitrogen and oxygen atoms in total. The minimum absolute atomic E-state index is 0.143. The summed E-state index contributed by atoms with van der Waals surface area (Å²) in [5.74, 6) is 0.623. The number of rotatable bonds is 5. The number of hydrogen-bond acceptors (Lipinski definition) is 5. The summed E-state index contributed by atoms with van der Waals surface area (Å²) in [5, 5.41) is 14.0. The Balaban J connectivity index is 1.72. The monoisotopic (exact) mass is 311 g/mol. The second-order valence-electron chi connectivity index (χ2n) is 5.19. The topological polar surface area (TPSA) is 101 Å². The van der Waals surface area contributed by atoms with Crippen molar-refractivity contribution in [2.24, 2.45) is 0 Å². The van der Waals surface area contributed by atoms with Crippen LogP contribution in [0.15, 0.2) is 36.8 Å². The highest BCUT2D eigenvalue weighted by Crippen LogP contribution is 2.15. The normalized spacial score (nSPS) is 12.1. The van der Waals surface area contributed by atoms with Crippen LogP contribution in [-0.2, 0) is 0 Å². The van der Waals surface area contributed by atoms with Crippen LogP contribution in [0.2, 0.25) is 0 Å². The molecule has 0 bridgehead atoms. The summed E-state index contributed by atoms with van der Waals surface area (Å²) < 4.78 is 1.53. The van der Waals surface area contributed by atoms with Crippen LogP contribution in [0.5, 0.6) is 0 Å². The van der Waals surface area contributed by atoms with Crippen LogP contribution in [0.1, 0.15) is 41.3 Å². The predicted molar refractivity (Wildman–Crippen MR) is 83.0 cm³/mol. The van der Waals surface area contributed by atoms with Crippen molar-refractivity contribution in [3.63, 3.8) is 0 Å². The molecule has 2 aromatic heterocycles. The largest absolute Gasteiger partial charge is 0.344 e. The van der Waals surface area contributed by atoms with Gasteiger partial charge in [0.15, 0.2) is 0 Å². The quantitative estimate of drug-likeness (QED) is 0.745. The first-order valence-electron chi connectivity index (χ1n) is 7.33. The highest BCUT2D eigenvalue weighted by Gasteiger charge is 2.16. The molecule has 1 aromatic carbocycles. The fourth-order valence-electron chi connectivity index (χ4n) is 2.26. The Morgan fingerprint density at radius 3 is 2.70 bits per heavy atom. The van der Waals surface area contributed by atoms with Crippen molar-refractivity contribution >= 4 is 5.91 Å². The number of benzene rings is 1. The molecular weight excluding hydrogens is 294 g/mol. The van der Waals surface area contributed by atoms with Crippen molar-refractivity contribution in [1.29, 1.82) is 0 Å². The molecule has 0 saturated carbocycles. The van der Waals surface area contributed by atoms with Gasteiger partial charge in [-0.25, -0.2) is 9.67 Å². The Morgan fingerprint density at radius 2 is 2.13 bits per heavy atom. The van der Waals surface area contributed by atoms with E-state index in [2.05, 4.69) is 30.8 Å². The van der Waals surface area contributed by atoms with Gasteiger partial charge >= 0.3 is 0 Å². The van der Waals surface area contributed by atoms with E-state index in [0.717, 1.165) is 23.6 Å². The van der Waals surface area contributed by atoms with E-state index in [1.807, 2.05) is 13.8 Å². The van der Waals surface area contributed by atoms with Gasteiger partial charge in [0, 0.05) is 17.5 Å². The van der Waals surface area contributed by atoms with Gasteiger partial charge in [-0.2, -0.15) is 0 Å². The first kappa shape index (κ1) is 14.9. The van der Waals surface area contributed by atoms with Gasteiger partial charge in [-0.3, -0.25) is 4.79 Å². The number of imidazole rings is 1. The number of aryl methyl sites for hydroxylation is 1. The Labute approximate surface area is 132 Å². The van der Waals surface area contributed by atoms with E-state index in [0.29, 0.717) is 5.56 Å². The van der Waals surface area contributed by atoms with Gasteiger partial charge in [-0.05, 0) is 48.0 Å². The molecule has 2 heterocycles. The maximum Gasteiger partial charge on any atom is 0.251 e. The van der Waals surface area contributed by atoms with Crippen molar-refractivity contribution in [2.75, 3.05) is 0 Å². The van der Waals surface area contributed by atoms with E-state index in [1.165, 1.54) is 11.0 Å². The van der Waals surface area contributed by atoms with Crippen LogP contribution in [-0.4, -0.2) is 36.1 Å². The van der Waals surface area contributed by atoms with Gasteiger partial charge in [-0.15, -0.1) is 5.10 Å². The number of nitrogens with zero attached hydrogens (tertiary/aromatic N) is 5. The number of carbonyl (C=O) groups is 1. The minimum atomic E-state index is -0.144. The summed E-state index contributed by atoms with van der Waals surface area (Å²) in [6.07, 6.45) is 4.01. The Morgan fingerprint density at radius 1 is 1.35 bits per heavy atom. The number of aromatic nitrogens is 6. The van der Waals surface area contributed by atoms with Crippen molar-refractivity contribution in [3.05, 3.63) is 53.9 Å². The molecule has 3 rings (SSSR count). The predicted octanol–water partition coefficient (Wildman–Crippen LogP) is 1.57. The lowest BCUT2D eigenvalue weighted by atomic mass is 10.1. The molecule has 0 unspecified atom stereocenters. The number of tetrazole rings is 1. The Bertz CT molecular complexity index is 777. The number of carbonyl (C=O) groups excluding carboxylic acids is 1. The molecule has 0 aliphatic carbocycles. The second kappa shape index (κ2) is 6.39. The molecule has 8 heteroatoms. The van der Waals surface area contributed by atoms with E-state index in [9.17, 15) is 4.79 Å². The van der Waals surface area contributed by atoms with Crippen molar-refractivity contribution in [2.45, 2.75) is 26.3 Å². The highest BCUT2D eigenvalue weighted by molar-refractivity contribution is 5.94. The van der Waals surface area contributed by atoms with Gasteiger partial charge in [0.2, 0.25) is 0 Å². The third kappa shape index (κ3) is 3.25. The molecule has 118 valence electrons. The van der Waals surface area contributed by atoms with Crippen molar-refractivity contribution < 1.29 is 4.79 Å². The molecule has 0 spiro atoms. The molecular formula is C15H17N7O. The summed E-state index contributed by atoms with van der Waals surface area (Å²) in [7, 11) is 0. The SMILES string of the molecule is CC[C@@H](NC(=O)c1ccc(-n2cnnn2)cc1)c1ncc(C)[nH]1. The third-order valence-electron chi connectivity index (χ3n) is 3.51. The molecule has 0 aliphatic rings. The molecule has 0 aliphatic heterocycles. The van der Waals surface area contributed by atoms with Gasteiger partial charge in [0.25, 0.3) is 5.91 Å². The van der Waals surface area contributed by atoms with Crippen LogP contribution in [0.4, 0.5) is 0 Å². The fraction of sp³-hybridized carbons (Fsp3) is 0.267. The van der Waals surface area contributed by atoms with E-state index in [1.54, 1.807) is 30.5 Å². The Kier molecular flexibility index (Phi) is 4.13. The molecule has 1 amide bonds. The number of nitrogens with one attached hydrogen (secondary N) is 2. The standard InChI is InChI=1S/C15H17N7O/c1-3-13(14-16-8-10(2)18-14)19-15(23)11-4-6-12(7-5-11)22-9-17-20-21-22/h4-9,13H,3H2,1-2H3,(H,16,18)(H,19,23)/t13-/m1/s1. The van der Waals surface area contributed by atoms with Crippen molar-refractivity contribution in [1.82, 2.24) is 35.5 Å². The molecule has 1 atom stereocenters. The molecule has 0 fully saturated rings. The molecule has 0 radical (unpaired) electrons. The van der Waals surface area contributed by atoms with Crippen LogP contribution in [0.3, 0.4) is 0 Å². The summed E-state index contributed by atoms with van der Waals surface area (Å²) in [6, 6.07) is 6.93. The van der Waals surface area contributed by atoms with Gasteiger partial charge in [0.1, 0.15) is 12.2 Å². The Hall–Kier alpha value is -3.03. The maximum atomic E-state index is 12.4. The van der Waals surface area contributed by atoms with Crippen molar-refractivity contribution in [3.8, 4) is 5.69 Å². The summed E-state index contributed by atoms with van der Waals surface area (Å²) in [5.41, 5.74) is 2.34. The summed E-state index contributed by atoms with van der Waals surface area (Å²) in [6.45, 7) is 3.94. The van der Waals surface area contributed by atoms with Crippen LogP contribution < -0.4 is 5.32 Å². The molecule has 0 saturated heterocycles. The van der Waals surface area contributed by atoms with E-state index in [4.69, 9.17) is 0 Å². The second-order valence-corrected chi connectivity index (χ2v) is 5.19. The number of aromatic amines is 1. The van der Waals surface area contributed by atoms with Gasteiger partial charge in [-0.1, -0.05) is 6.92 Å². The summed E-state index contributed by atoms with van der Waals surface area (Å²) >= 11 is 0. The zero-order chi connectivity index (χ0) is 16.2. The van der Waals surface area contributed by atoms with E-state index >= 15 is 0 Å². The highest BCUT2D eigenvalue weighted by atomic mass is 16.1. The van der Waals surface area contributed by atoms with Crippen LogP contribution in [0, 0.1) is 6.92 Å². The minimum Gasteiger partial charge on any atom is -0.344 e. The molecule has 23 heavy (non-hydrogen) atoms. The van der Waals surface area contributed by atoms with Gasteiger partial charge < -0.3 is 10.3 Å². The average molecular weight is 311 g/mol. The lowest BCUT2D eigenvalue weighted by Crippen LogP contribution is -2.28. The first-order valence-corrected chi connectivity index (χ1v) is 7.33. The molecule has 3 aromatic rings. The zero-order valence-electron chi connectivity index (χ0n) is 12.9. The van der Waals surface area contributed by atoms with E-state index in [-0.39, 0.29) is 11.9 Å². The smallest absolute Gasteiger partial charge is 0.251 e.